The molecular formula is C23H34N6OS. The van der Waals surface area contributed by atoms with Gasteiger partial charge in [0, 0.05) is 57.1 Å². The van der Waals surface area contributed by atoms with Crippen molar-refractivity contribution in [1.29, 1.82) is 0 Å². The van der Waals surface area contributed by atoms with Crippen molar-refractivity contribution >= 4 is 33.3 Å². The van der Waals surface area contributed by atoms with Crippen molar-refractivity contribution < 1.29 is 4.79 Å². The highest BCUT2D eigenvalue weighted by Crippen LogP contribution is 2.39. The molecule has 1 atom stereocenters. The highest BCUT2D eigenvalue weighted by atomic mass is 32.1. The lowest BCUT2D eigenvalue weighted by Gasteiger charge is -2.34. The van der Waals surface area contributed by atoms with Gasteiger partial charge in [-0.2, -0.15) is 0 Å². The topological polar surface area (TPSA) is 78.6 Å². The molecule has 7 nitrogen and oxygen atoms in total. The molecular weight excluding hydrogens is 408 g/mol. The number of likely N-dealkylation sites (tertiary alicyclic amines) is 1. The van der Waals surface area contributed by atoms with E-state index in [4.69, 9.17) is 10.7 Å². The Morgan fingerprint density at radius 2 is 1.84 bits per heavy atom. The van der Waals surface area contributed by atoms with E-state index in [9.17, 15) is 4.79 Å². The van der Waals surface area contributed by atoms with E-state index in [2.05, 4.69) is 21.7 Å². The van der Waals surface area contributed by atoms with Crippen LogP contribution in [0.25, 0.3) is 10.2 Å². The lowest BCUT2D eigenvalue weighted by atomic mass is 9.89. The number of nitrogen functional groups attached to an aromatic ring is 1. The Morgan fingerprint density at radius 1 is 1.10 bits per heavy atom. The van der Waals surface area contributed by atoms with Crippen molar-refractivity contribution in [2.24, 2.45) is 5.92 Å². The fourth-order valence-corrected chi connectivity index (χ4v) is 6.62. The van der Waals surface area contributed by atoms with Crippen LogP contribution in [0.15, 0.2) is 0 Å². The number of amides is 1. The van der Waals surface area contributed by atoms with E-state index in [0.29, 0.717) is 18.3 Å². The highest BCUT2D eigenvalue weighted by molar-refractivity contribution is 7.19. The van der Waals surface area contributed by atoms with Gasteiger partial charge in [-0.3, -0.25) is 9.69 Å². The third-order valence-corrected chi connectivity index (χ3v) is 8.31. The van der Waals surface area contributed by atoms with Crippen LogP contribution < -0.4 is 5.73 Å². The van der Waals surface area contributed by atoms with E-state index in [0.717, 1.165) is 99.9 Å². The zero-order valence-corrected chi connectivity index (χ0v) is 19.4. The van der Waals surface area contributed by atoms with Gasteiger partial charge in [-0.1, -0.05) is 6.92 Å². The average molecular weight is 443 g/mol. The van der Waals surface area contributed by atoms with Crippen LogP contribution in [0.4, 0.5) is 5.82 Å². The monoisotopic (exact) mass is 442 g/mol. The van der Waals surface area contributed by atoms with Gasteiger partial charge in [0.25, 0.3) is 0 Å². The number of piperazine rings is 1. The molecule has 1 unspecified atom stereocenters. The average Bonchev–Trinajstić information content (AvgIpc) is 3.41. The van der Waals surface area contributed by atoms with Crippen molar-refractivity contribution in [2.45, 2.75) is 45.4 Å². The molecule has 2 saturated heterocycles. The van der Waals surface area contributed by atoms with Crippen LogP contribution in [0, 0.1) is 5.92 Å². The Labute approximate surface area is 188 Å². The molecule has 0 saturated carbocycles. The van der Waals surface area contributed by atoms with Crippen molar-refractivity contribution in [3.05, 3.63) is 16.3 Å². The van der Waals surface area contributed by atoms with Gasteiger partial charge >= 0.3 is 0 Å². The standard InChI is InChI=1S/C23H34N6OS/c1-16-4-5-17-18(14-16)31-23-21(17)22(24)25-19(26-23)6-9-27-10-12-28(13-11-27)15-20(30)29-7-2-3-8-29/h16H,2-15H2,1H3,(H2,24,25,26). The molecule has 8 heteroatoms. The van der Waals surface area contributed by atoms with Gasteiger partial charge in [0.1, 0.15) is 16.5 Å². The molecule has 2 N–H and O–H groups in total. The maximum atomic E-state index is 12.4. The van der Waals surface area contributed by atoms with Gasteiger partial charge in [0.05, 0.1) is 11.9 Å². The number of thiophene rings is 1. The molecule has 2 aromatic heterocycles. The fraction of sp³-hybridized carbons (Fsp3) is 0.696. The molecule has 0 bridgehead atoms. The van der Waals surface area contributed by atoms with Crippen LogP contribution >= 0.6 is 11.3 Å². The smallest absolute Gasteiger partial charge is 0.236 e. The van der Waals surface area contributed by atoms with Gasteiger partial charge in [-0.05, 0) is 43.6 Å². The summed E-state index contributed by atoms with van der Waals surface area (Å²) in [4.78, 5) is 31.3. The maximum Gasteiger partial charge on any atom is 0.236 e. The SMILES string of the molecule is CC1CCc2c(sc3nc(CCN4CCN(CC(=O)N5CCCC5)CC4)nc(N)c23)C1. The molecule has 168 valence electrons. The normalized spacial score (nSPS) is 22.9. The number of carbonyl (C=O) groups is 1. The Hall–Kier alpha value is -1.77. The largest absolute Gasteiger partial charge is 0.383 e. The summed E-state index contributed by atoms with van der Waals surface area (Å²) in [7, 11) is 0. The Balaban J connectivity index is 1.15. The van der Waals surface area contributed by atoms with E-state index in [1.807, 2.05) is 16.2 Å². The number of hydrogen-bond donors (Lipinski definition) is 1. The number of carbonyl (C=O) groups excluding carboxylic acids is 1. The lowest BCUT2D eigenvalue weighted by molar-refractivity contribution is -0.131. The van der Waals surface area contributed by atoms with E-state index in [-0.39, 0.29) is 0 Å². The van der Waals surface area contributed by atoms with Crippen molar-refractivity contribution in [1.82, 2.24) is 24.7 Å². The quantitative estimate of drug-likeness (QED) is 0.765. The molecule has 0 spiro atoms. The summed E-state index contributed by atoms with van der Waals surface area (Å²) in [5.74, 6) is 2.58. The third-order valence-electron chi connectivity index (χ3n) is 7.16. The molecule has 4 heterocycles. The van der Waals surface area contributed by atoms with Gasteiger partial charge in [-0.25, -0.2) is 9.97 Å². The Bertz CT molecular complexity index is 945. The van der Waals surface area contributed by atoms with Crippen LogP contribution in [0.3, 0.4) is 0 Å². The molecule has 2 aromatic rings. The number of nitrogens with zero attached hydrogens (tertiary/aromatic N) is 5. The van der Waals surface area contributed by atoms with E-state index < -0.39 is 0 Å². The highest BCUT2D eigenvalue weighted by Gasteiger charge is 2.25. The predicted molar refractivity (Wildman–Crippen MR) is 125 cm³/mol. The molecule has 1 amide bonds. The minimum atomic E-state index is 0.302. The lowest BCUT2D eigenvalue weighted by Crippen LogP contribution is -2.50. The first-order valence-electron chi connectivity index (χ1n) is 11.9. The number of rotatable bonds is 5. The summed E-state index contributed by atoms with van der Waals surface area (Å²) in [6.07, 6.45) is 6.63. The van der Waals surface area contributed by atoms with Crippen LogP contribution in [0.5, 0.6) is 0 Å². The molecule has 0 aromatic carbocycles. The molecule has 0 radical (unpaired) electrons. The number of aryl methyl sites for hydroxylation is 1. The summed E-state index contributed by atoms with van der Waals surface area (Å²) < 4.78 is 0. The molecule has 2 aliphatic heterocycles. The van der Waals surface area contributed by atoms with Crippen LogP contribution in [0.1, 0.15) is 42.5 Å². The first-order valence-corrected chi connectivity index (χ1v) is 12.7. The zero-order chi connectivity index (χ0) is 21.4. The number of anilines is 1. The first-order chi connectivity index (χ1) is 15.1. The molecule has 3 aliphatic rings. The van der Waals surface area contributed by atoms with Crippen molar-refractivity contribution in [2.75, 3.05) is 58.1 Å². The van der Waals surface area contributed by atoms with Crippen molar-refractivity contribution in [3.63, 3.8) is 0 Å². The minimum absolute atomic E-state index is 0.302. The summed E-state index contributed by atoms with van der Waals surface area (Å²) in [5.41, 5.74) is 7.79. The second-order valence-electron chi connectivity index (χ2n) is 9.51. The summed E-state index contributed by atoms with van der Waals surface area (Å²) >= 11 is 1.82. The van der Waals surface area contributed by atoms with Gasteiger partial charge in [-0.15, -0.1) is 11.3 Å². The molecule has 2 fully saturated rings. The number of aromatic nitrogens is 2. The fourth-order valence-electron chi connectivity index (χ4n) is 5.22. The van der Waals surface area contributed by atoms with Crippen LogP contribution in [-0.2, 0) is 24.1 Å². The van der Waals surface area contributed by atoms with Crippen LogP contribution in [-0.4, -0.2) is 82.9 Å². The van der Waals surface area contributed by atoms with E-state index in [1.165, 1.54) is 16.9 Å². The minimum Gasteiger partial charge on any atom is -0.383 e. The third kappa shape index (κ3) is 4.56. The van der Waals surface area contributed by atoms with Crippen molar-refractivity contribution in [3.8, 4) is 0 Å². The number of nitrogens with two attached hydrogens (primary N) is 1. The van der Waals surface area contributed by atoms with E-state index >= 15 is 0 Å². The number of hydrogen-bond acceptors (Lipinski definition) is 7. The van der Waals surface area contributed by atoms with Gasteiger partial charge < -0.3 is 15.5 Å². The summed E-state index contributed by atoms with van der Waals surface area (Å²) in [5, 5.41) is 1.12. The van der Waals surface area contributed by atoms with Gasteiger partial charge in [0.2, 0.25) is 5.91 Å². The van der Waals surface area contributed by atoms with Crippen LogP contribution in [0.2, 0.25) is 0 Å². The molecule has 5 rings (SSSR count). The molecule has 1 aliphatic carbocycles. The predicted octanol–water partition coefficient (Wildman–Crippen LogP) is 2.18. The Kier molecular flexibility index (Phi) is 6.12. The first kappa shape index (κ1) is 21.1. The summed E-state index contributed by atoms with van der Waals surface area (Å²) in [6.45, 7) is 9.64. The number of fused-ring (bicyclic) bond motifs is 3. The second kappa shape index (κ2) is 9.00. The zero-order valence-electron chi connectivity index (χ0n) is 18.6. The summed E-state index contributed by atoms with van der Waals surface area (Å²) in [6, 6.07) is 0. The second-order valence-corrected chi connectivity index (χ2v) is 10.6. The van der Waals surface area contributed by atoms with Gasteiger partial charge in [0.15, 0.2) is 0 Å². The maximum absolute atomic E-state index is 12.4. The van der Waals surface area contributed by atoms with E-state index in [1.54, 1.807) is 0 Å². The Morgan fingerprint density at radius 3 is 2.61 bits per heavy atom. The molecule has 31 heavy (non-hydrogen) atoms.